The SMILES string of the molecule is c1ccc(-c2cccc(-c3ccccc3)c2CCN2c3cc(Cc4cc5cccc6c7cccc8cccc(c(c4)c56)c87)ccc3B3c4ccc(Cc5cc6cccc7c8cccc9cccc(c(c5)c67)c98)cc4N(CCc4c(-c5ccccc5)cccc4-c4ccccc4)c4cc(N5C6CC7CC(C6)CC5C7)cc2c43)cc1. The highest BCUT2D eigenvalue weighted by atomic mass is 15.2. The summed E-state index contributed by atoms with van der Waals surface area (Å²) in [5.41, 5.74) is 29.2. The molecule has 3 nitrogen and oxygen atoms in total. The average Bonchev–Trinajstić information content (AvgIpc) is 0.700. The van der Waals surface area contributed by atoms with Crippen LogP contribution in [0.5, 0.6) is 0 Å². The van der Waals surface area contributed by atoms with E-state index in [9.17, 15) is 0 Å². The van der Waals surface area contributed by atoms with E-state index in [0.717, 1.165) is 50.6 Å². The second-order valence-corrected chi connectivity index (χ2v) is 33.5. The van der Waals surface area contributed by atoms with Gasteiger partial charge in [0.25, 0.3) is 6.71 Å². The van der Waals surface area contributed by atoms with Crippen LogP contribution in [0.15, 0.2) is 340 Å². The van der Waals surface area contributed by atoms with E-state index in [4.69, 9.17) is 0 Å². The largest absolute Gasteiger partial charge is 0.365 e. The lowest BCUT2D eigenvalue weighted by molar-refractivity contribution is 0.0900. The van der Waals surface area contributed by atoms with Crippen LogP contribution in [0.25, 0.3) is 131 Å². The van der Waals surface area contributed by atoms with Gasteiger partial charge in [0.2, 0.25) is 0 Å². The molecule has 0 radical (unpaired) electrons. The molecule has 0 unspecified atom stereocenters. The first-order valence-corrected chi connectivity index (χ1v) is 41.4. The Kier molecular flexibility index (Phi) is 14.9. The molecule has 4 aliphatic heterocycles. The molecule has 0 aromatic heterocycles. The molecule has 536 valence electrons. The minimum absolute atomic E-state index is 0.0515. The highest BCUT2D eigenvalue weighted by Gasteiger charge is 2.49. The van der Waals surface area contributed by atoms with E-state index in [1.54, 1.807) is 0 Å². The second-order valence-electron chi connectivity index (χ2n) is 33.5. The summed E-state index contributed by atoms with van der Waals surface area (Å²) in [6.07, 6.45) is 9.77. The molecule has 6 aliphatic rings. The van der Waals surface area contributed by atoms with Crippen molar-refractivity contribution < 1.29 is 0 Å². The van der Waals surface area contributed by atoms with Crippen molar-refractivity contribution in [2.75, 3.05) is 27.8 Å². The summed E-state index contributed by atoms with van der Waals surface area (Å²) < 4.78 is 0. The van der Waals surface area contributed by atoms with Crippen LogP contribution in [-0.2, 0) is 25.7 Å². The zero-order valence-corrected chi connectivity index (χ0v) is 63.3. The van der Waals surface area contributed by atoms with E-state index in [0.29, 0.717) is 12.1 Å². The van der Waals surface area contributed by atoms with Gasteiger partial charge in [-0.2, -0.15) is 0 Å². The summed E-state index contributed by atoms with van der Waals surface area (Å²) in [4.78, 5) is 8.70. The first-order valence-electron chi connectivity index (χ1n) is 41.4. The van der Waals surface area contributed by atoms with E-state index in [1.165, 1.54) is 241 Å². The Morgan fingerprint density at radius 2 is 0.602 bits per heavy atom. The second kappa shape index (κ2) is 25.9. The van der Waals surface area contributed by atoms with Gasteiger partial charge in [0.05, 0.1) is 0 Å². The minimum atomic E-state index is -0.0515. The fourth-order valence-electron chi connectivity index (χ4n) is 22.8. The predicted octanol–water partition coefficient (Wildman–Crippen LogP) is 25.3. The molecule has 25 rings (SSSR count). The van der Waals surface area contributed by atoms with Gasteiger partial charge in [0.15, 0.2) is 0 Å². The third-order valence-corrected chi connectivity index (χ3v) is 27.3. The lowest BCUT2D eigenvalue weighted by atomic mass is 9.33. The number of hydrogen-bond donors (Lipinski definition) is 0. The topological polar surface area (TPSA) is 9.72 Å². The summed E-state index contributed by atoms with van der Waals surface area (Å²) in [7, 11) is 0. The summed E-state index contributed by atoms with van der Waals surface area (Å²) in [5.74, 6) is 1.62. The van der Waals surface area contributed by atoms with Crippen molar-refractivity contribution in [1.29, 1.82) is 0 Å². The first kappa shape index (κ1) is 65.0. The molecular weight excluding hydrogens is 1360 g/mol. The number of fused-ring (bicyclic) bond motifs is 8. The van der Waals surface area contributed by atoms with Gasteiger partial charge in [-0.25, -0.2) is 0 Å². The van der Waals surface area contributed by atoms with E-state index >= 15 is 0 Å². The van der Waals surface area contributed by atoms with Gasteiger partial charge in [-0.1, -0.05) is 315 Å². The molecule has 4 heterocycles. The lowest BCUT2D eigenvalue weighted by Gasteiger charge is -2.58. The summed E-state index contributed by atoms with van der Waals surface area (Å²) in [5, 5.41) is 21.3. The molecule has 0 spiro atoms. The quantitative estimate of drug-likeness (QED) is 0.0575. The van der Waals surface area contributed by atoms with Gasteiger partial charge < -0.3 is 14.7 Å². The summed E-state index contributed by atoms with van der Waals surface area (Å²) >= 11 is 0. The fraction of sp³-hybridized carbons (Fsp3) is 0.138. The van der Waals surface area contributed by atoms with Crippen molar-refractivity contribution in [1.82, 2.24) is 0 Å². The highest BCUT2D eigenvalue weighted by molar-refractivity contribution is 7.00. The molecule has 0 N–H and O–H groups in total. The molecule has 4 bridgehead atoms. The van der Waals surface area contributed by atoms with Crippen LogP contribution in [-0.4, -0.2) is 31.9 Å². The zero-order valence-electron chi connectivity index (χ0n) is 63.3. The number of anilines is 5. The number of hydrogen-bond acceptors (Lipinski definition) is 3. The lowest BCUT2D eigenvalue weighted by Crippen LogP contribution is -2.63. The van der Waals surface area contributed by atoms with Crippen LogP contribution >= 0.6 is 0 Å². The van der Waals surface area contributed by atoms with Crippen molar-refractivity contribution in [2.45, 2.75) is 69.9 Å². The Hall–Kier alpha value is -12.8. The number of piperidine rings is 2. The molecule has 4 fully saturated rings. The third kappa shape index (κ3) is 10.5. The van der Waals surface area contributed by atoms with E-state index < -0.39 is 0 Å². The number of benzene rings is 19. The van der Waals surface area contributed by atoms with E-state index in [-0.39, 0.29) is 6.71 Å². The maximum atomic E-state index is 3.00. The first-order chi connectivity index (χ1) is 56.0. The molecule has 0 atom stereocenters. The fourth-order valence-corrected chi connectivity index (χ4v) is 22.8. The molecule has 19 aromatic rings. The van der Waals surface area contributed by atoms with Crippen LogP contribution in [0.1, 0.15) is 65.5 Å². The van der Waals surface area contributed by atoms with Crippen LogP contribution in [0.3, 0.4) is 0 Å². The number of nitrogens with zero attached hydrogens (tertiary/aromatic N) is 3. The van der Waals surface area contributed by atoms with Crippen molar-refractivity contribution in [2.24, 2.45) is 11.8 Å². The Morgan fingerprint density at radius 3 is 0.973 bits per heavy atom. The van der Waals surface area contributed by atoms with Crippen LogP contribution in [0, 0.1) is 11.8 Å². The molecule has 4 heteroatoms. The molecule has 2 saturated heterocycles. The maximum absolute atomic E-state index is 3.00. The van der Waals surface area contributed by atoms with Gasteiger partial charge in [0.1, 0.15) is 0 Å². The zero-order chi connectivity index (χ0) is 73.9. The van der Waals surface area contributed by atoms with Gasteiger partial charge >= 0.3 is 0 Å². The molecule has 2 aliphatic carbocycles. The molecule has 2 saturated carbocycles. The van der Waals surface area contributed by atoms with Crippen LogP contribution in [0.4, 0.5) is 28.4 Å². The standard InChI is InChI=1S/C109H82BN3/c1-5-21-74(22-6-1)85-35-19-36-86(75-23-7-2-8-24-75)89(85)49-51-111-101-64-68(53-70-56-80-33-17-41-93-91-39-13-29-78-31-15-43-95(105(78)91)97(62-70)107(80)93)45-47-99(101)110-100-48-46-69(54-71-57-81-34-18-42-94-92-40-14-30-79-32-16-44-96(106(79)92)98(63-71)108(81)94)65-102(100)112(104-67-84(66-103(111)109(104)110)113-82-58-72-55-73(60-82)61-83(113)59-72)52-50-90-87(76-25-9-3-10-26-76)37-20-38-88(90)77-27-11-4-12-28-77/h1-48,56-57,62-67,72-73,82-83H,49-55,58-61H2. The van der Waals surface area contributed by atoms with Crippen LogP contribution < -0.4 is 31.1 Å². The monoisotopic (exact) mass is 1440 g/mol. The normalized spacial score (nSPS) is 16.8. The highest BCUT2D eigenvalue weighted by Crippen LogP contribution is 2.54. The van der Waals surface area contributed by atoms with Gasteiger partial charge in [0, 0.05) is 53.6 Å². The maximum Gasteiger partial charge on any atom is 0.252 e. The summed E-state index contributed by atoms with van der Waals surface area (Å²) in [6, 6.07) is 132. The molecule has 19 aromatic carbocycles. The minimum Gasteiger partial charge on any atom is -0.365 e. The molecule has 113 heavy (non-hydrogen) atoms. The molecule has 0 amide bonds. The predicted molar refractivity (Wildman–Crippen MR) is 481 cm³/mol. The third-order valence-electron chi connectivity index (χ3n) is 27.3. The van der Waals surface area contributed by atoms with Crippen molar-refractivity contribution in [3.05, 3.63) is 373 Å². The molecular formula is C109H82BN3. The summed E-state index contributed by atoms with van der Waals surface area (Å²) in [6.45, 7) is 1.50. The Balaban J connectivity index is 0.732. The average molecular weight is 1440 g/mol. The van der Waals surface area contributed by atoms with Crippen molar-refractivity contribution >= 4 is 138 Å². The van der Waals surface area contributed by atoms with Gasteiger partial charge in [-0.3, -0.25) is 0 Å². The van der Waals surface area contributed by atoms with E-state index in [1.807, 2.05) is 0 Å². The Labute approximate surface area is 660 Å². The Morgan fingerprint density at radius 1 is 0.265 bits per heavy atom. The van der Waals surface area contributed by atoms with Crippen molar-refractivity contribution in [3.63, 3.8) is 0 Å². The Bertz CT molecular complexity index is 6480. The van der Waals surface area contributed by atoms with Crippen molar-refractivity contribution in [3.8, 4) is 44.5 Å². The smallest absolute Gasteiger partial charge is 0.252 e. The van der Waals surface area contributed by atoms with Gasteiger partial charge in [-0.15, -0.1) is 0 Å². The van der Waals surface area contributed by atoms with E-state index in [2.05, 4.69) is 354 Å². The van der Waals surface area contributed by atoms with Gasteiger partial charge in [-0.05, 0) is 274 Å². The number of rotatable bonds is 15. The van der Waals surface area contributed by atoms with Crippen LogP contribution in [0.2, 0.25) is 0 Å².